The first-order valence-electron chi connectivity index (χ1n) is 14.1. The van der Waals surface area contributed by atoms with Gasteiger partial charge in [0.1, 0.15) is 11.4 Å². The highest BCUT2D eigenvalue weighted by molar-refractivity contribution is 6.08. The van der Waals surface area contributed by atoms with Crippen molar-refractivity contribution in [3.05, 3.63) is 54.1 Å². The molecule has 0 bridgehead atoms. The van der Waals surface area contributed by atoms with Crippen LogP contribution in [0.15, 0.2) is 53.5 Å². The summed E-state index contributed by atoms with van der Waals surface area (Å²) in [5.74, 6) is 1.53. The summed E-state index contributed by atoms with van der Waals surface area (Å²) in [6.45, 7) is 5.98. The standard InChI is InChI=1S/C30H36N6O4/c1-4-5-12-26-31-30(17-8-9-18-30)28(37)35(26)19-22-13-15-23(16-14-22)24-10-6-7-11-25(24)27-32-34-36(33-27)20-39-29(38)40-21(2)3/h6-7,10-11,13-16,21H,4-5,8-9,12,17-20H2,1-3H3. The van der Waals surface area contributed by atoms with Gasteiger partial charge in [0.15, 0.2) is 0 Å². The van der Waals surface area contributed by atoms with Crippen molar-refractivity contribution in [3.8, 4) is 22.5 Å². The molecule has 1 aliphatic carbocycles. The summed E-state index contributed by atoms with van der Waals surface area (Å²) in [5, 5.41) is 12.6. The van der Waals surface area contributed by atoms with E-state index in [0.717, 1.165) is 73.0 Å². The van der Waals surface area contributed by atoms with Gasteiger partial charge in [-0.05, 0) is 55.0 Å². The number of rotatable bonds is 10. The molecule has 1 saturated carbocycles. The van der Waals surface area contributed by atoms with Gasteiger partial charge in [0, 0.05) is 12.0 Å². The summed E-state index contributed by atoms with van der Waals surface area (Å²) in [7, 11) is 0. The Bertz CT molecular complexity index is 1370. The first-order chi connectivity index (χ1) is 19.4. The number of carbonyl (C=O) groups excluding carboxylic acids is 2. The van der Waals surface area contributed by atoms with Crippen LogP contribution in [0.25, 0.3) is 22.5 Å². The zero-order valence-corrected chi connectivity index (χ0v) is 23.4. The molecule has 0 atom stereocenters. The highest BCUT2D eigenvalue weighted by Gasteiger charge is 2.49. The smallest absolute Gasteiger partial charge is 0.432 e. The lowest BCUT2D eigenvalue weighted by molar-refractivity contribution is -0.131. The van der Waals surface area contributed by atoms with Crippen molar-refractivity contribution in [2.45, 2.75) is 90.6 Å². The molecule has 2 heterocycles. The fraction of sp³-hybridized carbons (Fsp3) is 0.467. The Balaban J connectivity index is 1.30. The molecule has 0 radical (unpaired) electrons. The van der Waals surface area contributed by atoms with Crippen LogP contribution < -0.4 is 0 Å². The number of hydrogen-bond donors (Lipinski definition) is 0. The highest BCUT2D eigenvalue weighted by atomic mass is 16.7. The molecule has 10 nitrogen and oxygen atoms in total. The zero-order valence-electron chi connectivity index (χ0n) is 23.4. The number of aromatic nitrogens is 4. The second-order valence-corrected chi connectivity index (χ2v) is 10.7. The molecule has 40 heavy (non-hydrogen) atoms. The molecule has 0 N–H and O–H groups in total. The second-order valence-electron chi connectivity index (χ2n) is 10.7. The minimum Gasteiger partial charge on any atom is -0.432 e. The molecule has 2 aliphatic rings. The van der Waals surface area contributed by atoms with E-state index < -0.39 is 11.7 Å². The quantitative estimate of drug-likeness (QED) is 0.298. The Morgan fingerprint density at radius 3 is 2.48 bits per heavy atom. The summed E-state index contributed by atoms with van der Waals surface area (Å²) < 4.78 is 10.0. The van der Waals surface area contributed by atoms with Crippen LogP contribution in [-0.4, -0.2) is 54.6 Å². The number of carbonyl (C=O) groups is 2. The highest BCUT2D eigenvalue weighted by Crippen LogP contribution is 2.40. The van der Waals surface area contributed by atoms with Crippen molar-refractivity contribution in [2.24, 2.45) is 4.99 Å². The van der Waals surface area contributed by atoms with Crippen LogP contribution in [-0.2, 0) is 27.5 Å². The van der Waals surface area contributed by atoms with Gasteiger partial charge in [0.05, 0.1) is 12.6 Å². The maximum Gasteiger partial charge on any atom is 0.510 e. The third-order valence-electron chi connectivity index (χ3n) is 7.34. The summed E-state index contributed by atoms with van der Waals surface area (Å²) >= 11 is 0. The Labute approximate surface area is 234 Å². The topological polar surface area (TPSA) is 112 Å². The van der Waals surface area contributed by atoms with E-state index in [2.05, 4.69) is 46.6 Å². The van der Waals surface area contributed by atoms with Crippen LogP contribution in [0, 0.1) is 0 Å². The number of hydrogen-bond acceptors (Lipinski definition) is 8. The van der Waals surface area contributed by atoms with Gasteiger partial charge in [-0.15, -0.1) is 15.0 Å². The van der Waals surface area contributed by atoms with Crippen LogP contribution >= 0.6 is 0 Å². The molecule has 10 heteroatoms. The Kier molecular flexibility index (Phi) is 8.23. The maximum atomic E-state index is 13.5. The van der Waals surface area contributed by atoms with E-state index in [0.29, 0.717) is 12.4 Å². The monoisotopic (exact) mass is 544 g/mol. The Hall–Kier alpha value is -4.08. The van der Waals surface area contributed by atoms with Gasteiger partial charge in [-0.3, -0.25) is 14.7 Å². The molecule has 3 aromatic rings. The third kappa shape index (κ3) is 5.90. The van der Waals surface area contributed by atoms with E-state index in [1.165, 1.54) is 4.80 Å². The molecule has 5 rings (SSSR count). The van der Waals surface area contributed by atoms with Crippen LogP contribution in [0.3, 0.4) is 0 Å². The lowest BCUT2D eigenvalue weighted by Crippen LogP contribution is -2.40. The third-order valence-corrected chi connectivity index (χ3v) is 7.34. The average Bonchev–Trinajstić information content (AvgIpc) is 3.68. The lowest BCUT2D eigenvalue weighted by Gasteiger charge is -2.23. The number of tetrazole rings is 1. The van der Waals surface area contributed by atoms with Gasteiger partial charge >= 0.3 is 6.16 Å². The van der Waals surface area contributed by atoms with E-state index in [4.69, 9.17) is 14.5 Å². The fourth-order valence-electron chi connectivity index (χ4n) is 5.34. The number of amides is 1. The summed E-state index contributed by atoms with van der Waals surface area (Å²) in [6, 6.07) is 16.0. The largest absolute Gasteiger partial charge is 0.510 e. The lowest BCUT2D eigenvalue weighted by atomic mass is 9.97. The fourth-order valence-corrected chi connectivity index (χ4v) is 5.34. The SMILES string of the molecule is CCCCC1=NC2(CCCC2)C(=O)N1Cc1ccc(-c2ccccc2-c2nnn(COC(=O)OC(C)C)n2)cc1. The minimum atomic E-state index is -0.785. The molecule has 2 aromatic carbocycles. The average molecular weight is 545 g/mol. The number of unbranched alkanes of at least 4 members (excludes halogenated alkanes) is 1. The first kappa shape index (κ1) is 27.5. The normalized spacial score (nSPS) is 16.1. The molecule has 0 saturated heterocycles. The second kappa shape index (κ2) is 12.0. The van der Waals surface area contributed by atoms with Gasteiger partial charge in [-0.25, -0.2) is 4.79 Å². The van der Waals surface area contributed by atoms with Crippen LogP contribution in [0.5, 0.6) is 0 Å². The summed E-state index contributed by atoms with van der Waals surface area (Å²) in [5.41, 5.74) is 3.28. The van der Waals surface area contributed by atoms with E-state index in [-0.39, 0.29) is 18.7 Å². The van der Waals surface area contributed by atoms with Crippen molar-refractivity contribution >= 4 is 17.9 Å². The van der Waals surface area contributed by atoms with Gasteiger partial charge in [-0.1, -0.05) is 74.7 Å². The Morgan fingerprint density at radius 2 is 1.77 bits per heavy atom. The number of aliphatic imine (C=N–C) groups is 1. The molecule has 1 fully saturated rings. The number of amidine groups is 1. The number of nitrogens with zero attached hydrogens (tertiary/aromatic N) is 6. The van der Waals surface area contributed by atoms with E-state index in [9.17, 15) is 9.59 Å². The van der Waals surface area contributed by atoms with E-state index in [1.807, 2.05) is 29.2 Å². The van der Waals surface area contributed by atoms with Crippen LogP contribution in [0.1, 0.15) is 71.3 Å². The maximum absolute atomic E-state index is 13.5. The minimum absolute atomic E-state index is 0.168. The molecular weight excluding hydrogens is 508 g/mol. The van der Waals surface area contributed by atoms with E-state index >= 15 is 0 Å². The van der Waals surface area contributed by atoms with Crippen LogP contribution in [0.4, 0.5) is 4.79 Å². The molecule has 210 valence electrons. The molecule has 1 amide bonds. The van der Waals surface area contributed by atoms with Crippen molar-refractivity contribution in [3.63, 3.8) is 0 Å². The van der Waals surface area contributed by atoms with Gasteiger partial charge in [0.25, 0.3) is 5.91 Å². The predicted octanol–water partition coefficient (Wildman–Crippen LogP) is 5.77. The number of benzene rings is 2. The summed E-state index contributed by atoms with van der Waals surface area (Å²) in [4.78, 5) is 33.3. The van der Waals surface area contributed by atoms with E-state index in [1.54, 1.807) is 13.8 Å². The zero-order chi connectivity index (χ0) is 28.1. The molecule has 1 aromatic heterocycles. The molecule has 0 unspecified atom stereocenters. The molecule has 1 aliphatic heterocycles. The van der Waals surface area contributed by atoms with Gasteiger partial charge in [-0.2, -0.15) is 0 Å². The molecular formula is C30H36N6O4. The number of ether oxygens (including phenoxy) is 2. The Morgan fingerprint density at radius 1 is 1.05 bits per heavy atom. The van der Waals surface area contributed by atoms with Gasteiger partial charge in [0.2, 0.25) is 12.6 Å². The van der Waals surface area contributed by atoms with Gasteiger partial charge < -0.3 is 9.47 Å². The van der Waals surface area contributed by atoms with Crippen LogP contribution in [0.2, 0.25) is 0 Å². The van der Waals surface area contributed by atoms with Crippen molar-refractivity contribution in [2.75, 3.05) is 0 Å². The summed E-state index contributed by atoms with van der Waals surface area (Å²) in [6.07, 6.45) is 5.74. The predicted molar refractivity (Wildman–Crippen MR) is 150 cm³/mol. The van der Waals surface area contributed by atoms with Crippen molar-refractivity contribution in [1.29, 1.82) is 0 Å². The van der Waals surface area contributed by atoms with Crippen molar-refractivity contribution < 1.29 is 19.1 Å². The molecule has 1 spiro atoms. The van der Waals surface area contributed by atoms with Crippen molar-refractivity contribution in [1.82, 2.24) is 25.1 Å². The first-order valence-corrected chi connectivity index (χ1v) is 14.1.